The van der Waals surface area contributed by atoms with Crippen LogP contribution in [0.3, 0.4) is 0 Å². The van der Waals surface area contributed by atoms with E-state index < -0.39 is 33.4 Å². The van der Waals surface area contributed by atoms with Crippen molar-refractivity contribution in [1.29, 1.82) is 0 Å². The SMILES string of the molecule is CC(C)N(C)c1nc(NCc2ccc(CS(=O)(=O)O)nc2C(F)(F)F)c2cccnc2n1. The first-order valence-electron chi connectivity index (χ1n) is 9.46. The molecule has 3 aromatic heterocycles. The summed E-state index contributed by atoms with van der Waals surface area (Å²) >= 11 is 0. The minimum atomic E-state index is -4.83. The lowest BCUT2D eigenvalue weighted by Crippen LogP contribution is -2.28. The molecule has 0 aromatic carbocycles. The Kier molecular flexibility index (Phi) is 6.51. The van der Waals surface area contributed by atoms with Gasteiger partial charge in [0.15, 0.2) is 5.65 Å². The summed E-state index contributed by atoms with van der Waals surface area (Å²) in [6, 6.07) is 5.67. The molecule has 3 rings (SSSR count). The third kappa shape index (κ3) is 5.59. The van der Waals surface area contributed by atoms with Crippen LogP contribution in [0.2, 0.25) is 0 Å². The lowest BCUT2D eigenvalue weighted by molar-refractivity contribution is -0.141. The molecule has 172 valence electrons. The summed E-state index contributed by atoms with van der Waals surface area (Å²) < 4.78 is 71.6. The normalized spacial score (nSPS) is 12.4. The van der Waals surface area contributed by atoms with E-state index in [1.54, 1.807) is 30.3 Å². The number of halogens is 3. The quantitative estimate of drug-likeness (QED) is 0.501. The number of nitrogens with one attached hydrogen (secondary N) is 1. The molecule has 0 saturated heterocycles. The highest BCUT2D eigenvalue weighted by Crippen LogP contribution is 2.32. The van der Waals surface area contributed by atoms with Crippen LogP contribution in [0.5, 0.6) is 0 Å². The van der Waals surface area contributed by atoms with Crippen LogP contribution in [0.25, 0.3) is 11.0 Å². The molecule has 0 saturated carbocycles. The summed E-state index contributed by atoms with van der Waals surface area (Å²) in [6.45, 7) is 3.59. The maximum Gasteiger partial charge on any atom is 0.433 e. The minimum Gasteiger partial charge on any atom is -0.365 e. The van der Waals surface area contributed by atoms with E-state index in [1.165, 1.54) is 0 Å². The smallest absolute Gasteiger partial charge is 0.365 e. The van der Waals surface area contributed by atoms with E-state index in [0.29, 0.717) is 22.8 Å². The number of aromatic nitrogens is 4. The van der Waals surface area contributed by atoms with Gasteiger partial charge >= 0.3 is 6.18 Å². The predicted molar refractivity (Wildman–Crippen MR) is 113 cm³/mol. The van der Waals surface area contributed by atoms with Gasteiger partial charge in [-0.2, -0.15) is 31.6 Å². The number of hydrogen-bond acceptors (Lipinski definition) is 8. The first-order chi connectivity index (χ1) is 14.8. The molecular weight excluding hydrogens is 449 g/mol. The van der Waals surface area contributed by atoms with Crippen molar-refractivity contribution in [3.63, 3.8) is 0 Å². The molecule has 2 N–H and O–H groups in total. The number of hydrogen-bond donors (Lipinski definition) is 2. The Labute approximate surface area is 182 Å². The molecule has 0 unspecified atom stereocenters. The first kappa shape index (κ1) is 23.6. The summed E-state index contributed by atoms with van der Waals surface area (Å²) in [5.74, 6) is -0.371. The van der Waals surface area contributed by atoms with Gasteiger partial charge in [-0.1, -0.05) is 6.07 Å². The van der Waals surface area contributed by atoms with Crippen molar-refractivity contribution in [2.24, 2.45) is 0 Å². The highest BCUT2D eigenvalue weighted by molar-refractivity contribution is 7.85. The molecule has 13 heteroatoms. The molecule has 32 heavy (non-hydrogen) atoms. The zero-order valence-corrected chi connectivity index (χ0v) is 18.2. The molecular formula is C19H21F3N6O3S. The summed E-state index contributed by atoms with van der Waals surface area (Å²) in [5.41, 5.74) is -1.50. The van der Waals surface area contributed by atoms with Gasteiger partial charge in [-0.15, -0.1) is 0 Å². The van der Waals surface area contributed by atoms with Crippen LogP contribution >= 0.6 is 0 Å². The van der Waals surface area contributed by atoms with E-state index >= 15 is 0 Å². The van der Waals surface area contributed by atoms with Gasteiger partial charge in [-0.25, -0.2) is 9.97 Å². The van der Waals surface area contributed by atoms with Crippen molar-refractivity contribution < 1.29 is 26.1 Å². The fourth-order valence-corrected chi connectivity index (χ4v) is 3.37. The third-order valence-corrected chi connectivity index (χ3v) is 5.29. The second-order valence-electron chi connectivity index (χ2n) is 7.34. The maximum atomic E-state index is 13.6. The number of fused-ring (bicyclic) bond motifs is 1. The molecule has 9 nitrogen and oxygen atoms in total. The van der Waals surface area contributed by atoms with E-state index in [-0.39, 0.29) is 18.2 Å². The minimum absolute atomic E-state index is 0.0698. The van der Waals surface area contributed by atoms with Gasteiger partial charge in [0.05, 0.1) is 11.1 Å². The highest BCUT2D eigenvalue weighted by atomic mass is 32.2. The van der Waals surface area contributed by atoms with Crippen molar-refractivity contribution in [3.05, 3.63) is 47.4 Å². The summed E-state index contributed by atoms with van der Waals surface area (Å²) in [6.07, 6.45) is -3.28. The molecule has 0 amide bonds. The standard InChI is InChI=1S/C19H21F3N6O3S/c1-11(2)28(3)18-26-16-14(5-4-8-23-16)17(27-18)24-9-12-6-7-13(10-32(29,30)31)25-15(12)19(20,21)22/h4-8,11H,9-10H2,1-3H3,(H,29,30,31)(H,23,24,26,27). The van der Waals surface area contributed by atoms with Crippen molar-refractivity contribution in [1.82, 2.24) is 19.9 Å². The van der Waals surface area contributed by atoms with Gasteiger partial charge in [-0.05, 0) is 32.0 Å². The van der Waals surface area contributed by atoms with Crippen LogP contribution in [0.1, 0.15) is 30.8 Å². The topological polar surface area (TPSA) is 121 Å². The van der Waals surface area contributed by atoms with Gasteiger partial charge in [0.2, 0.25) is 5.95 Å². The van der Waals surface area contributed by atoms with Gasteiger partial charge in [0.25, 0.3) is 10.1 Å². The zero-order chi connectivity index (χ0) is 23.7. The van der Waals surface area contributed by atoms with Gasteiger partial charge in [0, 0.05) is 31.4 Å². The second-order valence-corrected chi connectivity index (χ2v) is 8.79. The Bertz CT molecular complexity index is 1230. The van der Waals surface area contributed by atoms with Crippen LogP contribution < -0.4 is 10.2 Å². The Morgan fingerprint density at radius 3 is 2.50 bits per heavy atom. The molecule has 0 radical (unpaired) electrons. The number of rotatable bonds is 7. The van der Waals surface area contributed by atoms with Crippen molar-refractivity contribution in [3.8, 4) is 0 Å². The summed E-state index contributed by atoms with van der Waals surface area (Å²) in [7, 11) is -2.74. The lowest BCUT2D eigenvalue weighted by atomic mass is 10.1. The predicted octanol–water partition coefficient (Wildman–Crippen LogP) is 3.28. The molecule has 0 aliphatic carbocycles. The largest absolute Gasteiger partial charge is 0.433 e. The average Bonchev–Trinajstić information content (AvgIpc) is 2.69. The third-order valence-electron chi connectivity index (χ3n) is 4.63. The average molecular weight is 470 g/mol. The second kappa shape index (κ2) is 8.82. The molecule has 0 atom stereocenters. The van der Waals surface area contributed by atoms with E-state index in [2.05, 4.69) is 25.3 Å². The van der Waals surface area contributed by atoms with Gasteiger partial charge < -0.3 is 10.2 Å². The Balaban J connectivity index is 1.98. The summed E-state index contributed by atoms with van der Waals surface area (Å²) in [4.78, 5) is 18.3. The van der Waals surface area contributed by atoms with Gasteiger partial charge in [-0.3, -0.25) is 4.55 Å². The number of anilines is 2. The molecule has 0 bridgehead atoms. The highest BCUT2D eigenvalue weighted by Gasteiger charge is 2.36. The lowest BCUT2D eigenvalue weighted by Gasteiger charge is -2.22. The maximum absolute atomic E-state index is 13.6. The molecule has 0 aliphatic rings. The van der Waals surface area contributed by atoms with Crippen molar-refractivity contribution >= 4 is 32.9 Å². The Morgan fingerprint density at radius 1 is 1.16 bits per heavy atom. The molecule has 0 fully saturated rings. The zero-order valence-electron chi connectivity index (χ0n) is 17.4. The molecule has 3 heterocycles. The van der Waals surface area contributed by atoms with Gasteiger partial charge in [0.1, 0.15) is 17.3 Å². The van der Waals surface area contributed by atoms with Crippen LogP contribution in [0.15, 0.2) is 30.5 Å². The number of alkyl halides is 3. The van der Waals surface area contributed by atoms with E-state index in [9.17, 15) is 21.6 Å². The Hall–Kier alpha value is -3.06. The van der Waals surface area contributed by atoms with Crippen LogP contribution in [0, 0.1) is 0 Å². The van der Waals surface area contributed by atoms with Crippen molar-refractivity contribution in [2.45, 2.75) is 38.4 Å². The number of pyridine rings is 2. The fourth-order valence-electron chi connectivity index (χ4n) is 2.84. The van der Waals surface area contributed by atoms with E-state index in [1.807, 2.05) is 13.8 Å². The number of nitrogens with zero attached hydrogens (tertiary/aromatic N) is 5. The summed E-state index contributed by atoms with van der Waals surface area (Å²) in [5, 5.41) is 3.42. The fraction of sp³-hybridized carbons (Fsp3) is 0.368. The van der Waals surface area contributed by atoms with E-state index in [0.717, 1.165) is 12.1 Å². The molecule has 0 spiro atoms. The first-order valence-corrected chi connectivity index (χ1v) is 11.1. The van der Waals surface area contributed by atoms with Crippen molar-refractivity contribution in [2.75, 3.05) is 17.3 Å². The Morgan fingerprint density at radius 2 is 1.88 bits per heavy atom. The van der Waals surface area contributed by atoms with Crippen LogP contribution in [0.4, 0.5) is 24.9 Å². The molecule has 0 aliphatic heterocycles. The molecule has 3 aromatic rings. The monoisotopic (exact) mass is 470 g/mol. The van der Waals surface area contributed by atoms with Crippen LogP contribution in [-0.4, -0.2) is 46.0 Å². The van der Waals surface area contributed by atoms with E-state index in [4.69, 9.17) is 4.55 Å². The van der Waals surface area contributed by atoms with Crippen LogP contribution in [-0.2, 0) is 28.6 Å².